The number of carbonyl (C=O) groups is 1. The van der Waals surface area contributed by atoms with Gasteiger partial charge >= 0.3 is 5.97 Å². The molecule has 0 unspecified atom stereocenters. The topological polar surface area (TPSA) is 46.5 Å². The molecule has 0 aromatic heterocycles. The van der Waals surface area contributed by atoms with E-state index in [-0.39, 0.29) is 17.9 Å². The summed E-state index contributed by atoms with van der Waals surface area (Å²) in [5.41, 5.74) is -0.237. The van der Waals surface area contributed by atoms with Crippen LogP contribution < -0.4 is 4.74 Å². The summed E-state index contributed by atoms with van der Waals surface area (Å²) in [6, 6.07) is 6.13. The number of halogens is 3. The Kier molecular flexibility index (Phi) is 3.93. The van der Waals surface area contributed by atoms with E-state index in [1.54, 1.807) is 0 Å². The zero-order chi connectivity index (χ0) is 14.7. The zero-order valence-electron chi connectivity index (χ0n) is 10.1. The fraction of sp³-hybridized carbons (Fsp3) is 0.0714. The molecule has 0 heterocycles. The Labute approximate surface area is 112 Å². The van der Waals surface area contributed by atoms with E-state index in [0.717, 1.165) is 30.3 Å². The molecule has 0 saturated heterocycles. The molecule has 2 rings (SSSR count). The molecule has 20 heavy (non-hydrogen) atoms. The van der Waals surface area contributed by atoms with Gasteiger partial charge in [-0.3, -0.25) is 0 Å². The molecule has 0 aliphatic carbocycles. The monoisotopic (exact) mass is 282 g/mol. The van der Waals surface area contributed by atoms with Gasteiger partial charge < -0.3 is 9.84 Å². The van der Waals surface area contributed by atoms with E-state index in [0.29, 0.717) is 0 Å². The van der Waals surface area contributed by atoms with Crippen LogP contribution in [0, 0.1) is 17.5 Å². The standard InChI is InChI=1S/C14H9F3O3/c15-9-3-8(4-10(16)5-9)7-20-11-1-2-12(14(18)19)13(17)6-11/h1-6H,7H2,(H,18,19). The molecule has 0 bridgehead atoms. The number of ether oxygens (including phenoxy) is 1. The number of aromatic carboxylic acids is 1. The quantitative estimate of drug-likeness (QED) is 0.935. The van der Waals surface area contributed by atoms with Crippen LogP contribution in [0.5, 0.6) is 5.75 Å². The largest absolute Gasteiger partial charge is 0.489 e. The van der Waals surface area contributed by atoms with Crippen molar-refractivity contribution in [3.8, 4) is 5.75 Å². The lowest BCUT2D eigenvalue weighted by Crippen LogP contribution is -2.02. The van der Waals surface area contributed by atoms with Crippen LogP contribution >= 0.6 is 0 Å². The van der Waals surface area contributed by atoms with Gasteiger partial charge in [0, 0.05) is 12.1 Å². The van der Waals surface area contributed by atoms with Gasteiger partial charge in [-0.1, -0.05) is 0 Å². The summed E-state index contributed by atoms with van der Waals surface area (Å²) < 4.78 is 44.4. The van der Waals surface area contributed by atoms with Crippen LogP contribution in [0.3, 0.4) is 0 Å². The summed E-state index contributed by atoms with van der Waals surface area (Å²) >= 11 is 0. The van der Waals surface area contributed by atoms with Crippen LogP contribution in [-0.4, -0.2) is 11.1 Å². The number of carboxylic acids is 1. The summed E-state index contributed by atoms with van der Waals surface area (Å²) in [6.07, 6.45) is 0. The predicted octanol–water partition coefficient (Wildman–Crippen LogP) is 3.38. The molecule has 2 aromatic carbocycles. The Bertz CT molecular complexity index is 636. The second-order valence-electron chi connectivity index (χ2n) is 4.01. The second-order valence-corrected chi connectivity index (χ2v) is 4.01. The molecule has 6 heteroatoms. The highest BCUT2D eigenvalue weighted by Crippen LogP contribution is 2.18. The van der Waals surface area contributed by atoms with Crippen molar-refractivity contribution in [3.05, 3.63) is 65.0 Å². The molecule has 0 amide bonds. The smallest absolute Gasteiger partial charge is 0.338 e. The zero-order valence-corrected chi connectivity index (χ0v) is 10.1. The molecule has 0 fully saturated rings. The van der Waals surface area contributed by atoms with Gasteiger partial charge in [0.2, 0.25) is 0 Å². The summed E-state index contributed by atoms with van der Waals surface area (Å²) in [4.78, 5) is 10.6. The highest BCUT2D eigenvalue weighted by Gasteiger charge is 2.11. The highest BCUT2D eigenvalue weighted by atomic mass is 19.1. The van der Waals surface area contributed by atoms with Gasteiger partial charge in [0.25, 0.3) is 0 Å². The number of benzene rings is 2. The lowest BCUT2D eigenvalue weighted by molar-refractivity contribution is 0.0692. The Hall–Kier alpha value is -2.50. The van der Waals surface area contributed by atoms with Crippen molar-refractivity contribution in [2.75, 3.05) is 0 Å². The molecular weight excluding hydrogens is 273 g/mol. The molecule has 0 spiro atoms. The summed E-state index contributed by atoms with van der Waals surface area (Å²) in [5, 5.41) is 8.66. The average molecular weight is 282 g/mol. The molecule has 2 aromatic rings. The molecular formula is C14H9F3O3. The van der Waals surface area contributed by atoms with Crippen LogP contribution in [0.2, 0.25) is 0 Å². The Morgan fingerprint density at radius 1 is 1.05 bits per heavy atom. The number of hydrogen-bond acceptors (Lipinski definition) is 2. The van der Waals surface area contributed by atoms with Crippen molar-refractivity contribution in [1.29, 1.82) is 0 Å². The van der Waals surface area contributed by atoms with Gasteiger partial charge in [-0.05, 0) is 29.8 Å². The van der Waals surface area contributed by atoms with E-state index < -0.39 is 29.0 Å². The van der Waals surface area contributed by atoms with Crippen LogP contribution in [0.25, 0.3) is 0 Å². The van der Waals surface area contributed by atoms with Gasteiger partial charge in [0.1, 0.15) is 29.8 Å². The van der Waals surface area contributed by atoms with Gasteiger partial charge in [0.15, 0.2) is 0 Å². The van der Waals surface area contributed by atoms with E-state index in [1.165, 1.54) is 6.07 Å². The molecule has 1 N–H and O–H groups in total. The molecule has 0 saturated carbocycles. The number of rotatable bonds is 4. The summed E-state index contributed by atoms with van der Waals surface area (Å²) in [7, 11) is 0. The molecule has 0 radical (unpaired) electrons. The SMILES string of the molecule is O=C(O)c1ccc(OCc2cc(F)cc(F)c2)cc1F. The highest BCUT2D eigenvalue weighted by molar-refractivity contribution is 5.88. The van der Waals surface area contributed by atoms with Crippen molar-refractivity contribution in [2.24, 2.45) is 0 Å². The molecule has 104 valence electrons. The van der Waals surface area contributed by atoms with Crippen LogP contribution in [0.15, 0.2) is 36.4 Å². The Balaban J connectivity index is 2.11. The second kappa shape index (κ2) is 5.64. The molecule has 0 aliphatic rings. The first-order valence-corrected chi connectivity index (χ1v) is 5.56. The van der Waals surface area contributed by atoms with E-state index in [4.69, 9.17) is 9.84 Å². The van der Waals surface area contributed by atoms with Gasteiger partial charge in [-0.25, -0.2) is 18.0 Å². The maximum atomic E-state index is 13.4. The third kappa shape index (κ3) is 3.28. The van der Waals surface area contributed by atoms with Gasteiger partial charge in [-0.2, -0.15) is 0 Å². The Morgan fingerprint density at radius 2 is 1.70 bits per heavy atom. The van der Waals surface area contributed by atoms with E-state index in [9.17, 15) is 18.0 Å². The first-order chi connectivity index (χ1) is 9.45. The van der Waals surface area contributed by atoms with Crippen molar-refractivity contribution < 1.29 is 27.8 Å². The van der Waals surface area contributed by atoms with Crippen molar-refractivity contribution >= 4 is 5.97 Å². The van der Waals surface area contributed by atoms with E-state index in [1.807, 2.05) is 0 Å². The number of carboxylic acid groups (broad SMARTS) is 1. The minimum absolute atomic E-state index is 0.0668. The Morgan fingerprint density at radius 3 is 2.25 bits per heavy atom. The maximum absolute atomic E-state index is 13.4. The minimum atomic E-state index is -1.39. The lowest BCUT2D eigenvalue weighted by Gasteiger charge is -2.07. The first kappa shape index (κ1) is 13.9. The van der Waals surface area contributed by atoms with Crippen molar-refractivity contribution in [1.82, 2.24) is 0 Å². The third-order valence-corrected chi connectivity index (χ3v) is 2.50. The molecule has 0 atom stereocenters. The van der Waals surface area contributed by atoms with Crippen molar-refractivity contribution in [2.45, 2.75) is 6.61 Å². The normalized spacial score (nSPS) is 10.3. The van der Waals surface area contributed by atoms with Crippen LogP contribution in [-0.2, 0) is 6.61 Å². The van der Waals surface area contributed by atoms with E-state index in [2.05, 4.69) is 0 Å². The fourth-order valence-corrected chi connectivity index (χ4v) is 1.62. The van der Waals surface area contributed by atoms with Crippen LogP contribution in [0.1, 0.15) is 15.9 Å². The maximum Gasteiger partial charge on any atom is 0.338 e. The van der Waals surface area contributed by atoms with Gasteiger partial charge in [-0.15, -0.1) is 0 Å². The van der Waals surface area contributed by atoms with Crippen molar-refractivity contribution in [3.63, 3.8) is 0 Å². The average Bonchev–Trinajstić information content (AvgIpc) is 2.35. The lowest BCUT2D eigenvalue weighted by atomic mass is 10.2. The fourth-order valence-electron chi connectivity index (χ4n) is 1.62. The predicted molar refractivity (Wildman–Crippen MR) is 64.0 cm³/mol. The minimum Gasteiger partial charge on any atom is -0.489 e. The number of hydrogen-bond donors (Lipinski definition) is 1. The first-order valence-electron chi connectivity index (χ1n) is 5.56. The van der Waals surface area contributed by atoms with Crippen LogP contribution in [0.4, 0.5) is 13.2 Å². The van der Waals surface area contributed by atoms with E-state index >= 15 is 0 Å². The molecule has 0 aliphatic heterocycles. The third-order valence-electron chi connectivity index (χ3n) is 2.50. The molecule has 3 nitrogen and oxygen atoms in total. The summed E-state index contributed by atoms with van der Waals surface area (Å²) in [5.74, 6) is -3.74. The summed E-state index contributed by atoms with van der Waals surface area (Å²) in [6.45, 7) is -0.166. The van der Waals surface area contributed by atoms with Gasteiger partial charge in [0.05, 0.1) is 5.56 Å².